The largest absolute Gasteiger partial charge is 0.399 e. The third kappa shape index (κ3) is 2.10. The Balaban J connectivity index is 1.58. The van der Waals surface area contributed by atoms with Gasteiger partial charge in [0.25, 0.3) is 0 Å². The van der Waals surface area contributed by atoms with Gasteiger partial charge in [-0.3, -0.25) is 4.79 Å². The molecule has 2 aromatic carbocycles. The van der Waals surface area contributed by atoms with Crippen LogP contribution in [0.5, 0.6) is 0 Å². The molecule has 1 amide bonds. The van der Waals surface area contributed by atoms with Gasteiger partial charge in [-0.1, -0.05) is 24.3 Å². The summed E-state index contributed by atoms with van der Waals surface area (Å²) in [6, 6.07) is 14.2. The van der Waals surface area contributed by atoms with Crippen molar-refractivity contribution in [2.24, 2.45) is 0 Å². The first kappa shape index (κ1) is 12.8. The van der Waals surface area contributed by atoms with Crippen LogP contribution in [0.2, 0.25) is 0 Å². The Bertz CT molecular complexity index is 728. The molecule has 106 valence electrons. The Morgan fingerprint density at radius 3 is 2.86 bits per heavy atom. The van der Waals surface area contributed by atoms with Gasteiger partial charge in [-0.15, -0.1) is 11.8 Å². The second kappa shape index (κ2) is 4.81. The van der Waals surface area contributed by atoms with Gasteiger partial charge in [-0.25, -0.2) is 0 Å². The minimum absolute atomic E-state index is 0.00198. The van der Waals surface area contributed by atoms with E-state index in [1.165, 1.54) is 21.6 Å². The molecule has 0 fully saturated rings. The third-order valence-electron chi connectivity index (χ3n) is 4.26. The summed E-state index contributed by atoms with van der Waals surface area (Å²) < 4.78 is 0. The van der Waals surface area contributed by atoms with Gasteiger partial charge in [0.15, 0.2) is 0 Å². The van der Waals surface area contributed by atoms with Gasteiger partial charge in [0.05, 0.1) is 5.92 Å². The zero-order valence-electron chi connectivity index (χ0n) is 11.6. The van der Waals surface area contributed by atoms with Gasteiger partial charge < -0.3 is 10.6 Å². The first-order valence-corrected chi connectivity index (χ1v) is 8.09. The molecule has 0 saturated carbocycles. The molecule has 1 unspecified atom stereocenters. The summed E-state index contributed by atoms with van der Waals surface area (Å²) >= 11 is 1.78. The summed E-state index contributed by atoms with van der Waals surface area (Å²) in [7, 11) is 0. The Morgan fingerprint density at radius 1 is 1.14 bits per heavy atom. The second-order valence-electron chi connectivity index (χ2n) is 5.62. The lowest BCUT2D eigenvalue weighted by molar-refractivity contribution is -0.132. The van der Waals surface area contributed by atoms with Crippen molar-refractivity contribution >= 4 is 23.4 Å². The number of nitrogens with zero attached hydrogens (tertiary/aromatic N) is 1. The van der Waals surface area contributed by atoms with E-state index in [0.717, 1.165) is 11.4 Å². The molecule has 1 atom stereocenters. The number of hydrogen-bond acceptors (Lipinski definition) is 3. The molecule has 2 aromatic rings. The average molecular weight is 296 g/mol. The van der Waals surface area contributed by atoms with Crippen molar-refractivity contribution in [1.29, 1.82) is 0 Å². The minimum atomic E-state index is -0.00198. The van der Waals surface area contributed by atoms with Crippen molar-refractivity contribution in [2.75, 3.05) is 11.5 Å². The standard InChI is InChI=1S/C17H16N2OS/c18-13-6-5-11-8-19(9-12(11)7-13)17(20)15-10-21-16-4-2-1-3-14(15)16/h1-7,15H,8-10,18H2. The van der Waals surface area contributed by atoms with Gasteiger partial charge in [0.1, 0.15) is 0 Å². The average Bonchev–Trinajstić information content (AvgIpc) is 3.09. The summed E-state index contributed by atoms with van der Waals surface area (Å²) in [5.74, 6) is 1.09. The number of fused-ring (bicyclic) bond motifs is 2. The molecule has 21 heavy (non-hydrogen) atoms. The summed E-state index contributed by atoms with van der Waals surface area (Å²) in [4.78, 5) is 16.0. The fourth-order valence-corrected chi connectivity index (χ4v) is 4.38. The number of benzene rings is 2. The van der Waals surface area contributed by atoms with Crippen molar-refractivity contribution in [1.82, 2.24) is 4.90 Å². The highest BCUT2D eigenvalue weighted by atomic mass is 32.2. The van der Waals surface area contributed by atoms with Gasteiger partial charge in [-0.2, -0.15) is 0 Å². The van der Waals surface area contributed by atoms with Gasteiger partial charge in [0.2, 0.25) is 5.91 Å². The fourth-order valence-electron chi connectivity index (χ4n) is 3.16. The van der Waals surface area contributed by atoms with E-state index in [4.69, 9.17) is 5.73 Å². The van der Waals surface area contributed by atoms with E-state index in [2.05, 4.69) is 12.1 Å². The van der Waals surface area contributed by atoms with Crippen molar-refractivity contribution in [3.8, 4) is 0 Å². The highest BCUT2D eigenvalue weighted by Crippen LogP contribution is 2.41. The van der Waals surface area contributed by atoms with Crippen LogP contribution in [0.3, 0.4) is 0 Å². The number of hydrogen-bond donors (Lipinski definition) is 1. The van der Waals surface area contributed by atoms with E-state index < -0.39 is 0 Å². The molecule has 0 saturated heterocycles. The molecule has 2 aliphatic heterocycles. The monoisotopic (exact) mass is 296 g/mol. The van der Waals surface area contributed by atoms with Crippen molar-refractivity contribution in [3.05, 3.63) is 59.2 Å². The fraction of sp³-hybridized carbons (Fsp3) is 0.235. The number of anilines is 1. The molecule has 0 bridgehead atoms. The Kier molecular flexibility index (Phi) is 2.93. The highest BCUT2D eigenvalue weighted by Gasteiger charge is 2.34. The van der Waals surface area contributed by atoms with Crippen LogP contribution in [0.1, 0.15) is 22.6 Å². The number of carbonyl (C=O) groups excluding carboxylic acids is 1. The Hall–Kier alpha value is -1.94. The van der Waals surface area contributed by atoms with Gasteiger partial charge in [0, 0.05) is 29.4 Å². The van der Waals surface area contributed by atoms with Crippen molar-refractivity contribution < 1.29 is 4.79 Å². The first-order chi connectivity index (χ1) is 10.2. The molecule has 0 radical (unpaired) electrons. The van der Waals surface area contributed by atoms with Crippen LogP contribution in [0.15, 0.2) is 47.4 Å². The van der Waals surface area contributed by atoms with Gasteiger partial charge >= 0.3 is 0 Å². The van der Waals surface area contributed by atoms with E-state index in [1.807, 2.05) is 35.2 Å². The molecule has 3 nitrogen and oxygen atoms in total. The second-order valence-corrected chi connectivity index (χ2v) is 6.69. The zero-order chi connectivity index (χ0) is 14.4. The lowest BCUT2D eigenvalue weighted by Crippen LogP contribution is -2.30. The van der Waals surface area contributed by atoms with E-state index in [9.17, 15) is 4.79 Å². The van der Waals surface area contributed by atoms with E-state index in [1.54, 1.807) is 11.8 Å². The molecule has 2 N–H and O–H groups in total. The number of amides is 1. The summed E-state index contributed by atoms with van der Waals surface area (Å²) in [5.41, 5.74) is 10.2. The van der Waals surface area contributed by atoms with E-state index in [0.29, 0.717) is 13.1 Å². The number of carbonyl (C=O) groups is 1. The summed E-state index contributed by atoms with van der Waals surface area (Å²) in [5, 5.41) is 0. The summed E-state index contributed by atoms with van der Waals surface area (Å²) in [6.07, 6.45) is 0. The molecular formula is C17H16N2OS. The summed E-state index contributed by atoms with van der Waals surface area (Å²) in [6.45, 7) is 1.39. The molecular weight excluding hydrogens is 280 g/mol. The quantitative estimate of drug-likeness (QED) is 0.823. The molecule has 0 aliphatic carbocycles. The Labute approximate surface area is 128 Å². The van der Waals surface area contributed by atoms with Crippen molar-refractivity contribution in [3.63, 3.8) is 0 Å². The maximum absolute atomic E-state index is 12.8. The van der Waals surface area contributed by atoms with Crippen LogP contribution < -0.4 is 5.73 Å². The molecule has 4 heteroatoms. The predicted octanol–water partition coefficient (Wildman–Crippen LogP) is 3.00. The van der Waals surface area contributed by atoms with Crippen LogP contribution >= 0.6 is 11.8 Å². The maximum atomic E-state index is 12.8. The smallest absolute Gasteiger partial charge is 0.231 e. The van der Waals surface area contributed by atoms with Gasteiger partial charge in [-0.05, 0) is 34.9 Å². The number of nitrogen functional groups attached to an aromatic ring is 1. The van der Waals surface area contributed by atoms with E-state index >= 15 is 0 Å². The predicted molar refractivity (Wildman–Crippen MR) is 85.0 cm³/mol. The highest BCUT2D eigenvalue weighted by molar-refractivity contribution is 7.99. The van der Waals surface area contributed by atoms with Crippen LogP contribution in [-0.4, -0.2) is 16.6 Å². The normalized spacial score (nSPS) is 19.4. The molecule has 0 aromatic heterocycles. The first-order valence-electron chi connectivity index (χ1n) is 7.10. The molecule has 2 aliphatic rings. The molecule has 2 heterocycles. The molecule has 0 spiro atoms. The minimum Gasteiger partial charge on any atom is -0.399 e. The lowest BCUT2D eigenvalue weighted by Gasteiger charge is -2.20. The zero-order valence-corrected chi connectivity index (χ0v) is 12.4. The van der Waals surface area contributed by atoms with E-state index in [-0.39, 0.29) is 11.8 Å². The third-order valence-corrected chi connectivity index (χ3v) is 5.45. The SMILES string of the molecule is Nc1ccc2c(c1)CN(C(=O)C1CSc3ccccc31)C2. The van der Waals surface area contributed by atoms with Crippen LogP contribution in [-0.2, 0) is 17.9 Å². The topological polar surface area (TPSA) is 46.3 Å². The molecule has 4 rings (SSSR count). The lowest BCUT2D eigenvalue weighted by atomic mass is 10.00. The van der Waals surface area contributed by atoms with Crippen LogP contribution in [0.25, 0.3) is 0 Å². The Morgan fingerprint density at radius 2 is 1.95 bits per heavy atom. The van der Waals surface area contributed by atoms with Crippen LogP contribution in [0.4, 0.5) is 5.69 Å². The number of thioether (sulfide) groups is 1. The number of nitrogens with two attached hydrogens (primary N) is 1. The van der Waals surface area contributed by atoms with Crippen LogP contribution in [0, 0.1) is 0 Å². The van der Waals surface area contributed by atoms with Crippen molar-refractivity contribution in [2.45, 2.75) is 23.9 Å². The maximum Gasteiger partial charge on any atom is 0.231 e. The number of rotatable bonds is 1.